The van der Waals surface area contributed by atoms with Gasteiger partial charge in [-0.3, -0.25) is 4.79 Å². The van der Waals surface area contributed by atoms with Gasteiger partial charge in [0.25, 0.3) is 0 Å². The van der Waals surface area contributed by atoms with E-state index in [0.717, 1.165) is 5.69 Å². The summed E-state index contributed by atoms with van der Waals surface area (Å²) in [6, 6.07) is 8.10. The van der Waals surface area contributed by atoms with Gasteiger partial charge in [-0.1, -0.05) is 0 Å². The molecule has 0 saturated heterocycles. The second-order valence-electron chi connectivity index (χ2n) is 3.97. The predicted molar refractivity (Wildman–Crippen MR) is 77.3 cm³/mol. The first-order valence-corrected chi connectivity index (χ1v) is 7.00. The van der Waals surface area contributed by atoms with E-state index in [2.05, 4.69) is 10.6 Å². The molecule has 6 nitrogen and oxygen atoms in total. The molecule has 106 valence electrons. The highest BCUT2D eigenvalue weighted by Crippen LogP contribution is 2.11. The molecule has 1 rings (SSSR count). The van der Waals surface area contributed by atoms with Gasteiger partial charge < -0.3 is 15.7 Å². The molecule has 3 N–H and O–H groups in total. The molecule has 0 heterocycles. The number of nitrogens with zero attached hydrogens (tertiary/aromatic N) is 1. The average molecular weight is 293 g/mol. The van der Waals surface area contributed by atoms with Crippen LogP contribution in [0.1, 0.15) is 12.5 Å². The van der Waals surface area contributed by atoms with E-state index in [1.54, 1.807) is 24.3 Å². The fourth-order valence-corrected chi connectivity index (χ4v) is 2.24. The lowest BCUT2D eigenvalue weighted by Crippen LogP contribution is -2.41. The van der Waals surface area contributed by atoms with Crippen LogP contribution in [-0.4, -0.2) is 34.7 Å². The number of nitriles is 1. The number of anilines is 1. The molecule has 20 heavy (non-hydrogen) atoms. The van der Waals surface area contributed by atoms with Gasteiger partial charge in [-0.2, -0.15) is 5.26 Å². The van der Waals surface area contributed by atoms with E-state index in [-0.39, 0.29) is 11.7 Å². The second kappa shape index (κ2) is 8.07. The van der Waals surface area contributed by atoms with Crippen molar-refractivity contribution in [1.29, 1.82) is 5.26 Å². The molecule has 1 atom stereocenters. The molecule has 0 bridgehead atoms. The van der Waals surface area contributed by atoms with E-state index in [9.17, 15) is 9.59 Å². The standard InChI is InChI=1S/C13H15N3O3S/c1-9(17)16-12(13(18)19)7-20-8-15-11-4-2-10(6-14)3-5-11/h2-5,12,15H,7-8H2,1H3,(H,16,17)(H,18,19)/t12-/m0/s1. The number of hydrogen-bond donors (Lipinski definition) is 3. The molecule has 0 radical (unpaired) electrons. The zero-order chi connectivity index (χ0) is 15.0. The number of rotatable bonds is 7. The minimum Gasteiger partial charge on any atom is -0.480 e. The zero-order valence-electron chi connectivity index (χ0n) is 10.9. The summed E-state index contributed by atoms with van der Waals surface area (Å²) in [4.78, 5) is 21.7. The Labute approximate surface area is 121 Å². The maximum absolute atomic E-state index is 10.9. The third-order valence-corrected chi connectivity index (χ3v) is 3.27. The summed E-state index contributed by atoms with van der Waals surface area (Å²) >= 11 is 1.36. The smallest absolute Gasteiger partial charge is 0.327 e. The highest BCUT2D eigenvalue weighted by molar-refractivity contribution is 7.99. The van der Waals surface area contributed by atoms with Crippen LogP contribution in [0.25, 0.3) is 0 Å². The Morgan fingerprint density at radius 1 is 1.40 bits per heavy atom. The summed E-state index contributed by atoms with van der Waals surface area (Å²) in [6.45, 7) is 1.29. The minimum absolute atomic E-state index is 0.276. The predicted octanol–water partition coefficient (Wildman–Crippen LogP) is 1.25. The highest BCUT2D eigenvalue weighted by atomic mass is 32.2. The van der Waals surface area contributed by atoms with Gasteiger partial charge in [0, 0.05) is 18.4 Å². The highest BCUT2D eigenvalue weighted by Gasteiger charge is 2.17. The number of amides is 1. The minimum atomic E-state index is -1.05. The van der Waals surface area contributed by atoms with Crippen molar-refractivity contribution in [2.45, 2.75) is 13.0 Å². The van der Waals surface area contributed by atoms with Crippen molar-refractivity contribution in [3.63, 3.8) is 0 Å². The van der Waals surface area contributed by atoms with Crippen molar-refractivity contribution in [3.05, 3.63) is 29.8 Å². The van der Waals surface area contributed by atoms with E-state index in [1.807, 2.05) is 6.07 Å². The van der Waals surface area contributed by atoms with Gasteiger partial charge in [0.1, 0.15) is 6.04 Å². The number of nitrogens with one attached hydrogen (secondary N) is 2. The quantitative estimate of drug-likeness (QED) is 0.516. The molecule has 1 aromatic carbocycles. The summed E-state index contributed by atoms with van der Waals surface area (Å²) < 4.78 is 0. The van der Waals surface area contributed by atoms with E-state index in [4.69, 9.17) is 10.4 Å². The Hall–Kier alpha value is -2.20. The Balaban J connectivity index is 2.34. The molecule has 0 aliphatic carbocycles. The number of carbonyl (C=O) groups is 2. The summed E-state index contributed by atoms with van der Waals surface area (Å²) in [6.07, 6.45) is 0. The first kappa shape index (κ1) is 15.9. The number of benzene rings is 1. The topological polar surface area (TPSA) is 102 Å². The molecule has 1 aromatic rings. The molecule has 0 saturated carbocycles. The lowest BCUT2D eigenvalue weighted by atomic mass is 10.2. The Morgan fingerprint density at radius 2 is 2.05 bits per heavy atom. The largest absolute Gasteiger partial charge is 0.480 e. The summed E-state index contributed by atoms with van der Waals surface area (Å²) in [5.74, 6) is -0.628. The van der Waals surface area contributed by atoms with E-state index in [0.29, 0.717) is 11.4 Å². The van der Waals surface area contributed by atoms with Crippen molar-refractivity contribution < 1.29 is 14.7 Å². The van der Waals surface area contributed by atoms with Crippen molar-refractivity contribution in [3.8, 4) is 6.07 Å². The fraction of sp³-hybridized carbons (Fsp3) is 0.308. The molecule has 0 aromatic heterocycles. The molecule has 0 unspecified atom stereocenters. The number of carboxylic acids is 1. The van der Waals surface area contributed by atoms with Crippen molar-refractivity contribution in [2.24, 2.45) is 0 Å². The first-order chi connectivity index (χ1) is 9.52. The molecule has 7 heteroatoms. The normalized spacial score (nSPS) is 11.2. The zero-order valence-corrected chi connectivity index (χ0v) is 11.7. The summed E-state index contributed by atoms with van der Waals surface area (Å²) in [7, 11) is 0. The molecule has 0 aliphatic rings. The van der Waals surface area contributed by atoms with E-state index < -0.39 is 12.0 Å². The first-order valence-electron chi connectivity index (χ1n) is 5.84. The van der Waals surface area contributed by atoms with Gasteiger partial charge in [0.15, 0.2) is 0 Å². The lowest BCUT2D eigenvalue weighted by Gasteiger charge is -2.13. The number of aliphatic carboxylic acids is 1. The number of carboxylic acid groups (broad SMARTS) is 1. The van der Waals surface area contributed by atoms with Crippen molar-refractivity contribution in [2.75, 3.05) is 16.9 Å². The second-order valence-corrected chi connectivity index (χ2v) is 5.00. The third kappa shape index (κ3) is 5.63. The van der Waals surface area contributed by atoms with Gasteiger partial charge in [-0.15, -0.1) is 11.8 Å². The molecule has 0 spiro atoms. The Morgan fingerprint density at radius 3 is 2.55 bits per heavy atom. The Kier molecular flexibility index (Phi) is 6.40. The van der Waals surface area contributed by atoms with Crippen molar-refractivity contribution >= 4 is 29.3 Å². The lowest BCUT2D eigenvalue weighted by molar-refractivity contribution is -0.140. The van der Waals surface area contributed by atoms with E-state index >= 15 is 0 Å². The van der Waals surface area contributed by atoms with Crippen LogP contribution in [-0.2, 0) is 9.59 Å². The fourth-order valence-electron chi connectivity index (χ4n) is 1.39. The van der Waals surface area contributed by atoms with Crippen LogP contribution in [0.5, 0.6) is 0 Å². The van der Waals surface area contributed by atoms with Crippen molar-refractivity contribution in [1.82, 2.24) is 5.32 Å². The van der Waals surface area contributed by atoms with Crippen LogP contribution in [0.15, 0.2) is 24.3 Å². The van der Waals surface area contributed by atoms with E-state index in [1.165, 1.54) is 18.7 Å². The molecule has 0 aliphatic heterocycles. The number of carbonyl (C=O) groups excluding carboxylic acids is 1. The van der Waals surface area contributed by atoms with Gasteiger partial charge in [0.05, 0.1) is 17.5 Å². The van der Waals surface area contributed by atoms with Gasteiger partial charge >= 0.3 is 5.97 Å². The third-order valence-electron chi connectivity index (χ3n) is 2.35. The summed E-state index contributed by atoms with van der Waals surface area (Å²) in [5.41, 5.74) is 1.43. The van der Waals surface area contributed by atoms with Crippen LogP contribution in [0.2, 0.25) is 0 Å². The number of hydrogen-bond acceptors (Lipinski definition) is 5. The van der Waals surface area contributed by atoms with Crippen LogP contribution < -0.4 is 10.6 Å². The Bertz CT molecular complexity index is 511. The maximum Gasteiger partial charge on any atom is 0.327 e. The van der Waals surface area contributed by atoms with Crippen LogP contribution in [0.4, 0.5) is 5.69 Å². The van der Waals surface area contributed by atoms with Crippen LogP contribution >= 0.6 is 11.8 Å². The monoisotopic (exact) mass is 293 g/mol. The summed E-state index contributed by atoms with van der Waals surface area (Å²) in [5, 5.41) is 23.0. The number of thioether (sulfide) groups is 1. The van der Waals surface area contributed by atoms with Gasteiger partial charge in [0.2, 0.25) is 5.91 Å². The molecular weight excluding hydrogens is 278 g/mol. The molecule has 1 amide bonds. The van der Waals surface area contributed by atoms with Gasteiger partial charge in [-0.05, 0) is 24.3 Å². The SMILES string of the molecule is CC(=O)N[C@@H](CSCNc1ccc(C#N)cc1)C(=O)O. The van der Waals surface area contributed by atoms with Crippen LogP contribution in [0.3, 0.4) is 0 Å². The van der Waals surface area contributed by atoms with Gasteiger partial charge in [-0.25, -0.2) is 4.79 Å². The average Bonchev–Trinajstić information content (AvgIpc) is 2.42. The molecule has 0 fully saturated rings. The maximum atomic E-state index is 10.9. The van der Waals surface area contributed by atoms with Crippen LogP contribution in [0, 0.1) is 11.3 Å². The molecular formula is C13H15N3O3S.